The van der Waals surface area contributed by atoms with Gasteiger partial charge in [-0.05, 0) is 37.1 Å². The van der Waals surface area contributed by atoms with E-state index in [1.807, 2.05) is 0 Å². The molecule has 1 aliphatic rings. The topological polar surface area (TPSA) is 88.6 Å². The molecular weight excluding hydrogens is 422 g/mol. The highest BCUT2D eigenvalue weighted by Gasteiger charge is 2.36. The second kappa shape index (κ2) is 7.94. The quantitative estimate of drug-likeness (QED) is 0.680. The summed E-state index contributed by atoms with van der Waals surface area (Å²) in [5, 5.41) is -0.492. The molecule has 0 bridgehead atoms. The highest BCUT2D eigenvalue weighted by molar-refractivity contribution is 7.92. The summed E-state index contributed by atoms with van der Waals surface area (Å²) >= 11 is 6.18. The van der Waals surface area contributed by atoms with Crippen LogP contribution in [0, 0.1) is 0 Å². The van der Waals surface area contributed by atoms with Crippen molar-refractivity contribution >= 4 is 37.2 Å². The Morgan fingerprint density at radius 3 is 2.32 bits per heavy atom. The molecule has 1 fully saturated rings. The molecule has 1 unspecified atom stereocenters. The molecule has 1 heterocycles. The van der Waals surface area contributed by atoms with Gasteiger partial charge < -0.3 is 0 Å². The van der Waals surface area contributed by atoms with E-state index >= 15 is 0 Å². The lowest BCUT2D eigenvalue weighted by Crippen LogP contribution is -2.33. The van der Waals surface area contributed by atoms with Crippen molar-refractivity contribution in [1.82, 2.24) is 4.31 Å². The van der Waals surface area contributed by atoms with E-state index in [1.54, 1.807) is 24.3 Å². The molecule has 9 heteroatoms. The summed E-state index contributed by atoms with van der Waals surface area (Å²) in [6.07, 6.45) is 0.122. The average molecular weight is 442 g/mol. The van der Waals surface area contributed by atoms with E-state index in [-0.39, 0.29) is 35.9 Å². The van der Waals surface area contributed by atoms with Gasteiger partial charge in [-0.25, -0.2) is 16.8 Å². The summed E-state index contributed by atoms with van der Waals surface area (Å²) in [6.45, 7) is 1.34. The zero-order chi connectivity index (χ0) is 20.5. The van der Waals surface area contributed by atoms with Crippen molar-refractivity contribution in [2.45, 2.75) is 23.5 Å². The maximum atomic E-state index is 13.0. The van der Waals surface area contributed by atoms with E-state index in [1.165, 1.54) is 35.5 Å². The van der Waals surface area contributed by atoms with Gasteiger partial charge in [-0.2, -0.15) is 4.31 Å². The number of hydrogen-bond acceptors (Lipinski definition) is 5. The summed E-state index contributed by atoms with van der Waals surface area (Å²) in [6, 6.07) is 12.4. The minimum absolute atomic E-state index is 0.0334. The van der Waals surface area contributed by atoms with Gasteiger partial charge in [0.05, 0.1) is 15.9 Å². The zero-order valence-electron chi connectivity index (χ0n) is 15.2. The first kappa shape index (κ1) is 21.0. The summed E-state index contributed by atoms with van der Waals surface area (Å²) in [5.74, 6) is -0.444. The molecule has 0 saturated carbocycles. The largest absolute Gasteiger partial charge is 0.295 e. The number of sulfonamides is 1. The smallest absolute Gasteiger partial charge is 0.243 e. The molecule has 1 saturated heterocycles. The first-order valence-electron chi connectivity index (χ1n) is 8.70. The Hall–Kier alpha value is -1.74. The number of halogens is 1. The Kier molecular flexibility index (Phi) is 5.95. The Balaban J connectivity index is 1.89. The minimum atomic E-state index is -3.87. The molecule has 0 N–H and O–H groups in total. The van der Waals surface area contributed by atoms with E-state index in [2.05, 4.69) is 0 Å². The van der Waals surface area contributed by atoms with Crippen molar-refractivity contribution in [3.63, 3.8) is 0 Å². The second-order valence-corrected chi connectivity index (χ2v) is 11.3. The average Bonchev–Trinajstić information content (AvgIpc) is 2.81. The Bertz CT molecular complexity index is 1100. The summed E-state index contributed by atoms with van der Waals surface area (Å²) in [4.78, 5) is 11.4. The Morgan fingerprint density at radius 2 is 1.71 bits per heavy atom. The molecule has 0 aromatic heterocycles. The van der Waals surface area contributed by atoms with Gasteiger partial charge in [-0.3, -0.25) is 4.79 Å². The molecule has 0 spiro atoms. The fraction of sp³-hybridized carbons (Fsp3) is 0.316. The van der Waals surface area contributed by atoms with Crippen LogP contribution in [0.3, 0.4) is 0 Å². The van der Waals surface area contributed by atoms with Crippen molar-refractivity contribution in [1.29, 1.82) is 0 Å². The molecule has 0 aliphatic carbocycles. The molecule has 2 aromatic carbocycles. The normalized spacial score (nSPS) is 20.4. The molecule has 28 heavy (non-hydrogen) atoms. The first-order chi connectivity index (χ1) is 13.1. The van der Waals surface area contributed by atoms with Crippen molar-refractivity contribution < 1.29 is 21.6 Å². The lowest BCUT2D eigenvalue weighted by molar-refractivity contribution is 0.101. The van der Waals surface area contributed by atoms with Crippen molar-refractivity contribution in [2.75, 3.05) is 18.8 Å². The van der Waals surface area contributed by atoms with Gasteiger partial charge >= 0.3 is 0 Å². The standard InChI is InChI=1S/C19H20ClNO5S2/c1-14(22)15-6-8-16(9-7-15)28(25,26)21-11-10-19(27(23,24)13-12-21)17-4-2-3-5-18(17)20/h2-9,19H,10-13H2,1H3. The number of Topliss-reactive ketones (excluding diaryl/α,β-unsaturated/α-hetero) is 1. The van der Waals surface area contributed by atoms with Crippen LogP contribution in [-0.2, 0) is 19.9 Å². The number of carbonyl (C=O) groups excluding carboxylic acids is 1. The summed E-state index contributed by atoms with van der Waals surface area (Å²) in [7, 11) is -7.43. The number of sulfone groups is 1. The maximum absolute atomic E-state index is 13.0. The van der Waals surface area contributed by atoms with Crippen LogP contribution in [0.15, 0.2) is 53.4 Å². The fourth-order valence-electron chi connectivity index (χ4n) is 3.26. The van der Waals surface area contributed by atoms with Crippen molar-refractivity contribution in [2.24, 2.45) is 0 Å². The van der Waals surface area contributed by atoms with E-state index in [9.17, 15) is 21.6 Å². The third-order valence-corrected chi connectivity index (χ3v) is 9.22. The van der Waals surface area contributed by atoms with Gasteiger partial charge in [0, 0.05) is 23.7 Å². The van der Waals surface area contributed by atoms with Crippen LogP contribution >= 0.6 is 11.6 Å². The monoisotopic (exact) mass is 441 g/mol. The maximum Gasteiger partial charge on any atom is 0.243 e. The summed E-state index contributed by atoms with van der Waals surface area (Å²) in [5.41, 5.74) is 0.908. The van der Waals surface area contributed by atoms with Gasteiger partial charge in [-0.1, -0.05) is 41.9 Å². The lowest BCUT2D eigenvalue weighted by Gasteiger charge is -2.20. The molecule has 3 rings (SSSR count). The molecule has 2 aromatic rings. The van der Waals surface area contributed by atoms with Crippen LogP contribution < -0.4 is 0 Å². The van der Waals surface area contributed by atoms with Gasteiger partial charge in [0.2, 0.25) is 10.0 Å². The Labute approximate surface area is 170 Å². The van der Waals surface area contributed by atoms with Gasteiger partial charge in [0.25, 0.3) is 0 Å². The fourth-order valence-corrected chi connectivity index (χ4v) is 6.98. The molecule has 6 nitrogen and oxygen atoms in total. The Morgan fingerprint density at radius 1 is 1.07 bits per heavy atom. The first-order valence-corrected chi connectivity index (χ1v) is 12.2. The molecule has 0 amide bonds. The van der Waals surface area contributed by atoms with Crippen LogP contribution in [0.4, 0.5) is 0 Å². The number of carbonyl (C=O) groups is 1. The third kappa shape index (κ3) is 4.15. The molecule has 150 valence electrons. The predicted octanol–water partition coefficient (Wildman–Crippen LogP) is 3.09. The van der Waals surface area contributed by atoms with E-state index in [0.29, 0.717) is 16.1 Å². The van der Waals surface area contributed by atoms with Crippen LogP contribution in [0.25, 0.3) is 0 Å². The summed E-state index contributed by atoms with van der Waals surface area (Å²) < 4.78 is 52.6. The number of nitrogens with zero attached hydrogens (tertiary/aromatic N) is 1. The van der Waals surface area contributed by atoms with Crippen LogP contribution in [0.2, 0.25) is 5.02 Å². The molecular formula is C19H20ClNO5S2. The molecule has 1 atom stereocenters. The molecule has 1 aliphatic heterocycles. The second-order valence-electron chi connectivity index (χ2n) is 6.65. The van der Waals surface area contributed by atoms with Gasteiger partial charge in [0.1, 0.15) is 0 Å². The van der Waals surface area contributed by atoms with Gasteiger partial charge in [-0.15, -0.1) is 0 Å². The number of hydrogen-bond donors (Lipinski definition) is 0. The third-order valence-electron chi connectivity index (χ3n) is 4.85. The molecule has 0 radical (unpaired) electrons. The number of benzene rings is 2. The van der Waals surface area contributed by atoms with Crippen LogP contribution in [0.1, 0.15) is 34.5 Å². The van der Waals surface area contributed by atoms with Crippen LogP contribution in [0.5, 0.6) is 0 Å². The van der Waals surface area contributed by atoms with Crippen molar-refractivity contribution in [3.05, 3.63) is 64.7 Å². The zero-order valence-corrected chi connectivity index (χ0v) is 17.6. The van der Waals surface area contributed by atoms with E-state index in [0.717, 1.165) is 0 Å². The predicted molar refractivity (Wildman–Crippen MR) is 108 cm³/mol. The number of ketones is 1. The van der Waals surface area contributed by atoms with E-state index in [4.69, 9.17) is 11.6 Å². The minimum Gasteiger partial charge on any atom is -0.295 e. The van der Waals surface area contributed by atoms with Crippen molar-refractivity contribution in [3.8, 4) is 0 Å². The highest BCUT2D eigenvalue weighted by Crippen LogP contribution is 2.34. The number of rotatable bonds is 4. The SMILES string of the molecule is CC(=O)c1ccc(S(=O)(=O)N2CCC(c3ccccc3Cl)S(=O)(=O)CC2)cc1. The van der Waals surface area contributed by atoms with E-state index < -0.39 is 25.1 Å². The highest BCUT2D eigenvalue weighted by atomic mass is 35.5. The lowest BCUT2D eigenvalue weighted by atomic mass is 10.1. The van der Waals surface area contributed by atoms with Crippen LogP contribution in [-0.4, -0.2) is 45.8 Å². The van der Waals surface area contributed by atoms with Gasteiger partial charge in [0.15, 0.2) is 15.6 Å².